The van der Waals surface area contributed by atoms with E-state index in [1.54, 1.807) is 42.6 Å². The number of fused-ring (bicyclic) bond motifs is 1. The zero-order valence-corrected chi connectivity index (χ0v) is 12.5. The lowest BCUT2D eigenvalue weighted by Gasteiger charge is -2.10. The van der Waals surface area contributed by atoms with E-state index >= 15 is 0 Å². The van der Waals surface area contributed by atoms with Gasteiger partial charge in [-0.25, -0.2) is 19.9 Å². The van der Waals surface area contributed by atoms with Crippen LogP contribution in [0.1, 0.15) is 0 Å². The summed E-state index contributed by atoms with van der Waals surface area (Å²) in [7, 11) is 0. The third-order valence-electron chi connectivity index (χ3n) is 3.59. The van der Waals surface area contributed by atoms with Crippen LogP contribution in [0.4, 0.5) is 0 Å². The number of aromatic nitrogens is 4. The normalized spacial score (nSPS) is 10.8. The predicted octanol–water partition coefficient (Wildman–Crippen LogP) is 3.17. The molecular formula is C18H12N4O2. The number of nitrogens with zero attached hydrogens (tertiary/aromatic N) is 4. The minimum atomic E-state index is 0.138. The fraction of sp³-hybridized carbons (Fsp3) is 0. The molecule has 0 unspecified atom stereocenters. The van der Waals surface area contributed by atoms with Crippen molar-refractivity contribution < 1.29 is 10.2 Å². The molecule has 0 aliphatic rings. The molecule has 0 bridgehead atoms. The van der Waals surface area contributed by atoms with Crippen LogP contribution in [-0.2, 0) is 0 Å². The van der Waals surface area contributed by atoms with Crippen LogP contribution in [0.15, 0.2) is 61.1 Å². The molecule has 2 aromatic heterocycles. The molecule has 0 amide bonds. The molecule has 116 valence electrons. The van der Waals surface area contributed by atoms with E-state index in [0.717, 1.165) is 0 Å². The van der Waals surface area contributed by atoms with Crippen molar-refractivity contribution in [2.75, 3.05) is 0 Å². The van der Waals surface area contributed by atoms with Gasteiger partial charge in [0.05, 0.1) is 17.6 Å². The molecule has 0 saturated carbocycles. The minimum absolute atomic E-state index is 0.138. The maximum absolute atomic E-state index is 9.78. The summed E-state index contributed by atoms with van der Waals surface area (Å²) in [5.74, 6) is 0.277. The van der Waals surface area contributed by atoms with Crippen molar-refractivity contribution in [1.82, 2.24) is 19.9 Å². The van der Waals surface area contributed by atoms with Gasteiger partial charge < -0.3 is 10.2 Å². The van der Waals surface area contributed by atoms with E-state index in [1.807, 2.05) is 12.1 Å². The second-order valence-corrected chi connectivity index (χ2v) is 5.25. The molecule has 6 heteroatoms. The van der Waals surface area contributed by atoms with Gasteiger partial charge in [-0.3, -0.25) is 0 Å². The van der Waals surface area contributed by atoms with E-state index in [1.165, 1.54) is 6.33 Å². The van der Waals surface area contributed by atoms with Crippen LogP contribution in [0.3, 0.4) is 0 Å². The Morgan fingerprint density at radius 2 is 1.38 bits per heavy atom. The fourth-order valence-corrected chi connectivity index (χ4v) is 2.52. The molecule has 0 atom stereocenters. The highest BCUT2D eigenvalue weighted by Gasteiger charge is 2.14. The van der Waals surface area contributed by atoms with Gasteiger partial charge >= 0.3 is 0 Å². The molecular weight excluding hydrogens is 304 g/mol. The highest BCUT2D eigenvalue weighted by atomic mass is 16.3. The Bertz CT molecular complexity index is 966. The molecule has 0 saturated heterocycles. The number of phenols is 2. The summed E-state index contributed by atoms with van der Waals surface area (Å²) in [4.78, 5) is 17.3. The van der Waals surface area contributed by atoms with Gasteiger partial charge in [0.15, 0.2) is 5.65 Å². The summed E-state index contributed by atoms with van der Waals surface area (Å²) in [5.41, 5.74) is 3.60. The topological polar surface area (TPSA) is 92.0 Å². The van der Waals surface area contributed by atoms with E-state index in [2.05, 4.69) is 19.9 Å². The SMILES string of the molecule is Oc1cccc(-c2nc3cncnc3nc2-c2cccc(O)c2)c1. The van der Waals surface area contributed by atoms with Gasteiger partial charge in [-0.1, -0.05) is 24.3 Å². The van der Waals surface area contributed by atoms with E-state index in [0.29, 0.717) is 33.7 Å². The molecule has 2 N–H and O–H groups in total. The summed E-state index contributed by atoms with van der Waals surface area (Å²) < 4.78 is 0. The Kier molecular flexibility index (Phi) is 3.28. The van der Waals surface area contributed by atoms with Crippen molar-refractivity contribution in [3.05, 3.63) is 61.1 Å². The van der Waals surface area contributed by atoms with E-state index in [9.17, 15) is 10.2 Å². The first-order valence-electron chi connectivity index (χ1n) is 7.27. The Balaban J connectivity index is 2.04. The Morgan fingerprint density at radius 1 is 0.750 bits per heavy atom. The predicted molar refractivity (Wildman–Crippen MR) is 89.3 cm³/mol. The minimum Gasteiger partial charge on any atom is -0.508 e. The summed E-state index contributed by atoms with van der Waals surface area (Å²) in [6, 6.07) is 13.6. The molecule has 6 nitrogen and oxygen atoms in total. The quantitative estimate of drug-likeness (QED) is 0.590. The number of hydrogen-bond donors (Lipinski definition) is 2. The number of benzene rings is 2. The smallest absolute Gasteiger partial charge is 0.181 e. The number of phenolic OH excluding ortho intramolecular Hbond substituents is 2. The second-order valence-electron chi connectivity index (χ2n) is 5.25. The van der Waals surface area contributed by atoms with Gasteiger partial charge in [0.2, 0.25) is 0 Å². The molecule has 0 aliphatic heterocycles. The Labute approximate surface area is 137 Å². The Morgan fingerprint density at radius 3 is 2.00 bits per heavy atom. The van der Waals surface area contributed by atoms with Crippen molar-refractivity contribution in [2.45, 2.75) is 0 Å². The summed E-state index contributed by atoms with van der Waals surface area (Å²) in [6.45, 7) is 0. The van der Waals surface area contributed by atoms with Gasteiger partial charge in [-0.2, -0.15) is 0 Å². The van der Waals surface area contributed by atoms with Crippen molar-refractivity contribution in [1.29, 1.82) is 0 Å². The maximum atomic E-state index is 9.78. The molecule has 2 aromatic carbocycles. The lowest BCUT2D eigenvalue weighted by atomic mass is 10.0. The van der Waals surface area contributed by atoms with E-state index < -0.39 is 0 Å². The van der Waals surface area contributed by atoms with Gasteiger partial charge in [-0.15, -0.1) is 0 Å². The zero-order chi connectivity index (χ0) is 16.5. The summed E-state index contributed by atoms with van der Waals surface area (Å²) in [6.07, 6.45) is 3.01. The van der Waals surface area contributed by atoms with Crippen LogP contribution >= 0.6 is 0 Å². The lowest BCUT2D eigenvalue weighted by molar-refractivity contribution is 0.475. The number of aromatic hydroxyl groups is 2. The average Bonchev–Trinajstić information content (AvgIpc) is 2.60. The van der Waals surface area contributed by atoms with Gasteiger partial charge in [0, 0.05) is 11.1 Å². The fourth-order valence-electron chi connectivity index (χ4n) is 2.52. The van der Waals surface area contributed by atoms with Gasteiger partial charge in [0.25, 0.3) is 0 Å². The molecule has 24 heavy (non-hydrogen) atoms. The second kappa shape index (κ2) is 5.58. The monoisotopic (exact) mass is 316 g/mol. The van der Waals surface area contributed by atoms with Crippen molar-refractivity contribution in [3.8, 4) is 34.0 Å². The standard InChI is InChI=1S/C18H12N4O2/c23-13-5-1-3-11(7-13)16-17(12-4-2-6-14(24)8-12)22-18-15(21-16)9-19-10-20-18/h1-10,23-24H. The van der Waals surface area contributed by atoms with Crippen LogP contribution in [0.2, 0.25) is 0 Å². The van der Waals surface area contributed by atoms with Crippen LogP contribution < -0.4 is 0 Å². The first kappa shape index (κ1) is 14.1. The molecule has 0 aliphatic carbocycles. The summed E-state index contributed by atoms with van der Waals surface area (Å²) in [5, 5.41) is 19.6. The third-order valence-corrected chi connectivity index (χ3v) is 3.59. The molecule has 2 heterocycles. The molecule has 0 spiro atoms. The first-order chi connectivity index (χ1) is 11.7. The van der Waals surface area contributed by atoms with E-state index in [-0.39, 0.29) is 11.5 Å². The van der Waals surface area contributed by atoms with Crippen LogP contribution in [0.25, 0.3) is 33.7 Å². The maximum Gasteiger partial charge on any atom is 0.181 e. The van der Waals surface area contributed by atoms with E-state index in [4.69, 9.17) is 0 Å². The molecule has 4 rings (SSSR count). The van der Waals surface area contributed by atoms with Crippen LogP contribution in [0.5, 0.6) is 11.5 Å². The average molecular weight is 316 g/mol. The van der Waals surface area contributed by atoms with Gasteiger partial charge in [-0.05, 0) is 24.3 Å². The molecule has 0 fully saturated rings. The van der Waals surface area contributed by atoms with Crippen molar-refractivity contribution in [3.63, 3.8) is 0 Å². The van der Waals surface area contributed by atoms with Crippen LogP contribution in [0, 0.1) is 0 Å². The van der Waals surface area contributed by atoms with Crippen molar-refractivity contribution in [2.24, 2.45) is 0 Å². The lowest BCUT2D eigenvalue weighted by Crippen LogP contribution is -1.97. The number of hydrogen-bond acceptors (Lipinski definition) is 6. The van der Waals surface area contributed by atoms with Crippen LogP contribution in [-0.4, -0.2) is 30.1 Å². The highest BCUT2D eigenvalue weighted by Crippen LogP contribution is 2.32. The third kappa shape index (κ3) is 2.50. The summed E-state index contributed by atoms with van der Waals surface area (Å²) >= 11 is 0. The molecule has 0 radical (unpaired) electrons. The van der Waals surface area contributed by atoms with Gasteiger partial charge in [0.1, 0.15) is 23.3 Å². The molecule has 4 aromatic rings. The largest absolute Gasteiger partial charge is 0.508 e. The Hall–Kier alpha value is -3.54. The van der Waals surface area contributed by atoms with Crippen molar-refractivity contribution >= 4 is 11.2 Å². The number of rotatable bonds is 2. The first-order valence-corrected chi connectivity index (χ1v) is 7.27. The zero-order valence-electron chi connectivity index (χ0n) is 12.5. The highest BCUT2D eigenvalue weighted by molar-refractivity contribution is 5.84.